The predicted molar refractivity (Wildman–Crippen MR) is 148 cm³/mol. The second-order valence-corrected chi connectivity index (χ2v) is 10.0. The van der Waals surface area contributed by atoms with Crippen molar-refractivity contribution in [2.75, 3.05) is 28.6 Å². The van der Waals surface area contributed by atoms with Crippen molar-refractivity contribution in [2.24, 2.45) is 0 Å². The molecule has 4 N–H and O–H groups in total. The summed E-state index contributed by atoms with van der Waals surface area (Å²) in [6.45, 7) is 2.98. The fraction of sp³-hybridized carbons (Fsp3) is 0.333. The summed E-state index contributed by atoms with van der Waals surface area (Å²) in [6.07, 6.45) is 3.76. The Morgan fingerprint density at radius 1 is 0.711 bits per heavy atom. The maximum Gasteiger partial charge on any atom is 0.241 e. The highest BCUT2D eigenvalue weighted by Gasteiger charge is 2.23. The maximum absolute atomic E-state index is 13.6. The van der Waals surface area contributed by atoms with Gasteiger partial charge in [0.15, 0.2) is 0 Å². The van der Waals surface area contributed by atoms with E-state index in [9.17, 15) is 14.0 Å². The minimum atomic E-state index is -0.276. The molecule has 0 saturated carbocycles. The molecule has 2 fully saturated rings. The van der Waals surface area contributed by atoms with Crippen molar-refractivity contribution in [1.29, 1.82) is 0 Å². The summed E-state index contributed by atoms with van der Waals surface area (Å²) in [4.78, 5) is 27.0. The summed E-state index contributed by atoms with van der Waals surface area (Å²) in [5, 5.41) is 12.4. The van der Waals surface area contributed by atoms with Gasteiger partial charge in [-0.25, -0.2) is 4.39 Å². The van der Waals surface area contributed by atoms with Gasteiger partial charge >= 0.3 is 0 Å². The lowest BCUT2D eigenvalue weighted by Crippen LogP contribution is -2.35. The molecule has 0 unspecified atom stereocenters. The van der Waals surface area contributed by atoms with Gasteiger partial charge in [-0.3, -0.25) is 9.59 Å². The van der Waals surface area contributed by atoms with E-state index in [1.165, 1.54) is 12.1 Å². The molecule has 3 aromatic carbocycles. The van der Waals surface area contributed by atoms with Gasteiger partial charge in [0.2, 0.25) is 11.8 Å². The van der Waals surface area contributed by atoms with E-state index in [1.807, 2.05) is 48.5 Å². The number of benzene rings is 3. The maximum atomic E-state index is 13.6. The van der Waals surface area contributed by atoms with E-state index >= 15 is 0 Å². The summed E-state index contributed by atoms with van der Waals surface area (Å²) in [6, 6.07) is 21.9. The van der Waals surface area contributed by atoms with Crippen molar-refractivity contribution >= 4 is 28.9 Å². The normalized spacial score (nSPS) is 18.8. The van der Waals surface area contributed by atoms with Crippen molar-refractivity contribution in [3.05, 3.63) is 89.7 Å². The van der Waals surface area contributed by atoms with Gasteiger partial charge in [-0.1, -0.05) is 24.3 Å². The number of carbonyl (C=O) groups is 2. The van der Waals surface area contributed by atoms with Crippen LogP contribution in [0, 0.1) is 5.82 Å². The van der Waals surface area contributed by atoms with Crippen molar-refractivity contribution in [2.45, 2.75) is 50.9 Å². The fourth-order valence-corrected chi connectivity index (χ4v) is 4.99. The van der Waals surface area contributed by atoms with Crippen LogP contribution in [-0.4, -0.2) is 37.0 Å². The second kappa shape index (κ2) is 12.2. The van der Waals surface area contributed by atoms with E-state index in [0.717, 1.165) is 67.0 Å². The molecule has 0 spiro atoms. The summed E-state index contributed by atoms with van der Waals surface area (Å²) >= 11 is 0. The Morgan fingerprint density at radius 2 is 1.16 bits per heavy atom. The number of rotatable bonds is 9. The van der Waals surface area contributed by atoms with Crippen LogP contribution in [0.15, 0.2) is 72.8 Å². The number of nitrogens with zero attached hydrogens (tertiary/aromatic N) is 1. The zero-order valence-electron chi connectivity index (χ0n) is 21.4. The molecule has 2 aliphatic rings. The van der Waals surface area contributed by atoms with Crippen LogP contribution in [-0.2, 0) is 22.7 Å². The predicted octanol–water partition coefficient (Wildman–Crippen LogP) is 4.41. The first-order valence-corrected chi connectivity index (χ1v) is 13.3. The van der Waals surface area contributed by atoms with E-state index in [-0.39, 0.29) is 29.7 Å². The monoisotopic (exact) mass is 515 g/mol. The number of hydrogen-bond donors (Lipinski definition) is 4. The van der Waals surface area contributed by atoms with Crippen molar-refractivity contribution in [1.82, 2.24) is 10.6 Å². The molecular weight excluding hydrogens is 481 g/mol. The number of anilines is 3. The van der Waals surface area contributed by atoms with E-state index in [2.05, 4.69) is 26.2 Å². The minimum absolute atomic E-state index is 0.00216. The Labute approximate surface area is 222 Å². The zero-order valence-corrected chi connectivity index (χ0v) is 21.4. The number of hydrogen-bond acceptors (Lipinski definition) is 5. The number of amides is 2. The van der Waals surface area contributed by atoms with E-state index in [0.29, 0.717) is 13.1 Å². The molecular formula is C30H34FN5O2. The Kier molecular flexibility index (Phi) is 8.31. The van der Waals surface area contributed by atoms with Crippen molar-refractivity contribution < 1.29 is 14.0 Å². The first-order chi connectivity index (χ1) is 18.5. The third-order valence-electron chi connectivity index (χ3n) is 7.14. The molecule has 2 amide bonds. The Balaban J connectivity index is 1.24. The molecule has 2 atom stereocenters. The molecule has 0 bridgehead atoms. The molecule has 7 nitrogen and oxygen atoms in total. The van der Waals surface area contributed by atoms with Crippen LogP contribution in [0.3, 0.4) is 0 Å². The molecule has 0 aromatic heterocycles. The summed E-state index contributed by atoms with van der Waals surface area (Å²) in [5.41, 5.74) is 4.58. The van der Waals surface area contributed by atoms with E-state index in [1.54, 1.807) is 12.1 Å². The van der Waals surface area contributed by atoms with Crippen LogP contribution >= 0.6 is 0 Å². The molecule has 38 heavy (non-hydrogen) atoms. The number of nitrogens with one attached hydrogen (secondary N) is 4. The van der Waals surface area contributed by atoms with Crippen LogP contribution in [0.1, 0.15) is 36.8 Å². The van der Waals surface area contributed by atoms with Gasteiger partial charge in [0.1, 0.15) is 5.82 Å². The largest absolute Gasteiger partial charge is 0.363 e. The Bertz CT molecular complexity index is 1140. The van der Waals surface area contributed by atoms with Gasteiger partial charge in [-0.2, -0.15) is 0 Å². The highest BCUT2D eigenvalue weighted by Crippen LogP contribution is 2.23. The molecule has 198 valence electrons. The van der Waals surface area contributed by atoms with Gasteiger partial charge < -0.3 is 26.2 Å². The summed E-state index contributed by atoms with van der Waals surface area (Å²) in [5.74, 6) is -0.271. The third-order valence-corrected chi connectivity index (χ3v) is 7.14. The Morgan fingerprint density at radius 3 is 1.55 bits per heavy atom. The van der Waals surface area contributed by atoms with Crippen LogP contribution in [0.2, 0.25) is 0 Å². The molecule has 0 radical (unpaired) electrons. The SMILES string of the molecule is O=C(Nc1ccc(CN(Cc2ccc(NC(=O)[C@@H]3CCCN3)cc2)c2ccc(F)cc2)cc1)[C@@H]1CCCN1. The number of carbonyl (C=O) groups excluding carboxylic acids is 2. The fourth-order valence-electron chi connectivity index (χ4n) is 4.99. The van der Waals surface area contributed by atoms with Crippen LogP contribution < -0.4 is 26.2 Å². The van der Waals surface area contributed by atoms with Gasteiger partial charge in [0.05, 0.1) is 12.1 Å². The van der Waals surface area contributed by atoms with Gasteiger partial charge in [0, 0.05) is 30.2 Å². The lowest BCUT2D eigenvalue weighted by molar-refractivity contribution is -0.118. The number of halogens is 1. The smallest absolute Gasteiger partial charge is 0.241 e. The van der Waals surface area contributed by atoms with Crippen LogP contribution in [0.5, 0.6) is 0 Å². The second-order valence-electron chi connectivity index (χ2n) is 10.0. The van der Waals surface area contributed by atoms with Crippen LogP contribution in [0.25, 0.3) is 0 Å². The highest BCUT2D eigenvalue weighted by atomic mass is 19.1. The molecule has 2 aliphatic heterocycles. The summed E-state index contributed by atoms with van der Waals surface area (Å²) in [7, 11) is 0. The average Bonchev–Trinajstić information content (AvgIpc) is 3.66. The van der Waals surface area contributed by atoms with Gasteiger partial charge in [-0.05, 0) is 98.4 Å². The van der Waals surface area contributed by atoms with Crippen molar-refractivity contribution in [3.8, 4) is 0 Å². The molecule has 3 aromatic rings. The highest BCUT2D eigenvalue weighted by molar-refractivity contribution is 5.95. The lowest BCUT2D eigenvalue weighted by atomic mass is 10.1. The minimum Gasteiger partial charge on any atom is -0.363 e. The molecule has 2 heterocycles. The van der Waals surface area contributed by atoms with Gasteiger partial charge in [0.25, 0.3) is 0 Å². The molecule has 0 aliphatic carbocycles. The van der Waals surface area contributed by atoms with Gasteiger partial charge in [-0.15, -0.1) is 0 Å². The van der Waals surface area contributed by atoms with Crippen LogP contribution in [0.4, 0.5) is 21.5 Å². The van der Waals surface area contributed by atoms with E-state index < -0.39 is 0 Å². The lowest BCUT2D eigenvalue weighted by Gasteiger charge is -2.25. The topological polar surface area (TPSA) is 85.5 Å². The molecule has 8 heteroatoms. The summed E-state index contributed by atoms with van der Waals surface area (Å²) < 4.78 is 13.6. The quantitative estimate of drug-likeness (QED) is 0.339. The Hall–Kier alpha value is -3.75. The van der Waals surface area contributed by atoms with E-state index in [4.69, 9.17) is 0 Å². The zero-order chi connectivity index (χ0) is 26.3. The molecule has 5 rings (SSSR count). The van der Waals surface area contributed by atoms with Crippen molar-refractivity contribution in [3.63, 3.8) is 0 Å². The first-order valence-electron chi connectivity index (χ1n) is 13.3. The average molecular weight is 516 g/mol. The first kappa shape index (κ1) is 25.9. The molecule has 2 saturated heterocycles. The standard InChI is InChI=1S/C30H34FN5O2/c31-23-9-15-26(16-10-23)36(19-21-5-11-24(12-6-21)34-29(37)27-3-1-17-32-27)20-22-7-13-25(14-8-22)35-30(38)28-4-2-18-33-28/h5-16,27-28,32-33H,1-4,17-20H2,(H,34,37)(H,35,38)/t27-,28-/m0/s1. The third kappa shape index (κ3) is 6.76.